The third-order valence-corrected chi connectivity index (χ3v) is 5.31. The number of hydrogen-bond donors (Lipinski definition) is 0. The van der Waals surface area contributed by atoms with E-state index in [0.717, 1.165) is 38.0 Å². The zero-order valence-electron chi connectivity index (χ0n) is 14.0. The lowest BCUT2D eigenvalue weighted by Crippen LogP contribution is -2.48. The summed E-state index contributed by atoms with van der Waals surface area (Å²) < 4.78 is 5.26. The Balaban J connectivity index is 1.83. The zero-order chi connectivity index (χ0) is 15.7. The van der Waals surface area contributed by atoms with Crippen LogP contribution in [0.1, 0.15) is 61.3 Å². The van der Waals surface area contributed by atoms with Crippen molar-refractivity contribution >= 4 is 5.91 Å². The Labute approximate surface area is 132 Å². The van der Waals surface area contributed by atoms with Crippen molar-refractivity contribution in [3.05, 3.63) is 17.0 Å². The fourth-order valence-corrected chi connectivity index (χ4v) is 4.20. The summed E-state index contributed by atoms with van der Waals surface area (Å²) in [5.41, 5.74) is 1.50. The fourth-order valence-electron chi connectivity index (χ4n) is 4.20. The van der Waals surface area contributed by atoms with Crippen molar-refractivity contribution in [2.24, 2.45) is 0 Å². The van der Waals surface area contributed by atoms with E-state index >= 15 is 0 Å². The summed E-state index contributed by atoms with van der Waals surface area (Å²) in [4.78, 5) is 17.7. The summed E-state index contributed by atoms with van der Waals surface area (Å²) in [5.74, 6) is 0.785. The van der Waals surface area contributed by atoms with E-state index in [1.807, 2.05) is 13.8 Å². The van der Waals surface area contributed by atoms with E-state index in [2.05, 4.69) is 21.9 Å². The number of rotatable bonds is 4. The molecule has 0 unspecified atom stereocenters. The smallest absolute Gasteiger partial charge is 0.259 e. The lowest BCUT2D eigenvalue weighted by Gasteiger charge is -2.34. The molecule has 1 aromatic rings. The Hall–Kier alpha value is -1.36. The van der Waals surface area contributed by atoms with Crippen LogP contribution in [0.15, 0.2) is 4.52 Å². The molecule has 0 saturated carbocycles. The van der Waals surface area contributed by atoms with Gasteiger partial charge in [-0.3, -0.25) is 9.69 Å². The molecule has 0 spiro atoms. The molecule has 2 aliphatic heterocycles. The van der Waals surface area contributed by atoms with Gasteiger partial charge in [0.2, 0.25) is 0 Å². The molecule has 2 fully saturated rings. The molecule has 0 radical (unpaired) electrons. The Morgan fingerprint density at radius 2 is 1.95 bits per heavy atom. The standard InChI is InChI=1S/C17H27N3O2/c1-4-13-16(12(3)22-18-13)17(21)20-11-7-9-15(20)14-8-6-10-19(14)5-2/h14-15H,4-11H2,1-3H3/t14-,15+/m1/s1. The van der Waals surface area contributed by atoms with E-state index in [-0.39, 0.29) is 5.91 Å². The van der Waals surface area contributed by atoms with Gasteiger partial charge in [0, 0.05) is 18.6 Å². The average Bonchev–Trinajstić information content (AvgIpc) is 3.24. The molecule has 2 aliphatic rings. The largest absolute Gasteiger partial charge is 0.361 e. The molecule has 1 aromatic heterocycles. The molecule has 3 rings (SSSR count). The second-order valence-electron chi connectivity index (χ2n) is 6.46. The van der Waals surface area contributed by atoms with Gasteiger partial charge in [0.25, 0.3) is 5.91 Å². The first kappa shape index (κ1) is 15.5. The van der Waals surface area contributed by atoms with Gasteiger partial charge in [-0.05, 0) is 52.1 Å². The normalized spacial score (nSPS) is 26.0. The molecular weight excluding hydrogens is 278 g/mol. The van der Waals surface area contributed by atoms with Crippen molar-refractivity contribution < 1.29 is 9.32 Å². The SMILES string of the molecule is CCc1noc(C)c1C(=O)N1CCC[C@H]1[C@H]1CCCN1CC. The van der Waals surface area contributed by atoms with Gasteiger partial charge in [-0.2, -0.15) is 0 Å². The van der Waals surface area contributed by atoms with Gasteiger partial charge < -0.3 is 9.42 Å². The third-order valence-electron chi connectivity index (χ3n) is 5.31. The van der Waals surface area contributed by atoms with Crippen LogP contribution in [0.3, 0.4) is 0 Å². The van der Waals surface area contributed by atoms with Gasteiger partial charge >= 0.3 is 0 Å². The first-order valence-corrected chi connectivity index (χ1v) is 8.67. The van der Waals surface area contributed by atoms with Crippen LogP contribution in [-0.4, -0.2) is 52.6 Å². The van der Waals surface area contributed by atoms with E-state index in [9.17, 15) is 4.79 Å². The second kappa shape index (κ2) is 6.41. The number of amides is 1. The highest BCUT2D eigenvalue weighted by atomic mass is 16.5. The van der Waals surface area contributed by atoms with Crippen molar-refractivity contribution in [3.63, 3.8) is 0 Å². The number of aryl methyl sites for hydroxylation is 2. The predicted molar refractivity (Wildman–Crippen MR) is 84.9 cm³/mol. The molecule has 2 saturated heterocycles. The van der Waals surface area contributed by atoms with Crippen molar-refractivity contribution in [1.82, 2.24) is 15.0 Å². The number of carbonyl (C=O) groups is 1. The molecule has 5 heteroatoms. The number of carbonyl (C=O) groups excluding carboxylic acids is 1. The summed E-state index contributed by atoms with van der Waals surface area (Å²) in [5, 5.41) is 4.05. The van der Waals surface area contributed by atoms with Gasteiger partial charge in [0.15, 0.2) is 0 Å². The lowest BCUT2D eigenvalue weighted by atomic mass is 10.0. The predicted octanol–water partition coefficient (Wildman–Crippen LogP) is 2.63. The Bertz CT molecular complexity index is 540. The highest BCUT2D eigenvalue weighted by Gasteiger charge is 2.40. The van der Waals surface area contributed by atoms with Crippen molar-refractivity contribution in [3.8, 4) is 0 Å². The van der Waals surface area contributed by atoms with Gasteiger partial charge in [0.05, 0.1) is 5.69 Å². The molecule has 0 N–H and O–H groups in total. The summed E-state index contributed by atoms with van der Waals surface area (Å²) in [6.07, 6.45) is 5.44. The molecule has 22 heavy (non-hydrogen) atoms. The first-order chi connectivity index (χ1) is 10.7. The molecule has 3 heterocycles. The monoisotopic (exact) mass is 305 g/mol. The lowest BCUT2D eigenvalue weighted by molar-refractivity contribution is 0.0647. The Kier molecular flexibility index (Phi) is 4.52. The van der Waals surface area contributed by atoms with Gasteiger partial charge in [0.1, 0.15) is 11.3 Å². The van der Waals surface area contributed by atoms with Crippen LogP contribution in [-0.2, 0) is 6.42 Å². The first-order valence-electron chi connectivity index (χ1n) is 8.67. The molecule has 2 atom stereocenters. The minimum Gasteiger partial charge on any atom is -0.361 e. The van der Waals surface area contributed by atoms with E-state index in [4.69, 9.17) is 4.52 Å². The summed E-state index contributed by atoms with van der Waals surface area (Å²) in [7, 11) is 0. The average molecular weight is 305 g/mol. The molecule has 0 bridgehead atoms. The number of aromatic nitrogens is 1. The van der Waals surface area contributed by atoms with Gasteiger partial charge in [-0.1, -0.05) is 19.0 Å². The Morgan fingerprint density at radius 3 is 2.68 bits per heavy atom. The fraction of sp³-hybridized carbons (Fsp3) is 0.765. The summed E-state index contributed by atoms with van der Waals surface area (Å²) in [6, 6.07) is 0.885. The number of likely N-dealkylation sites (tertiary alicyclic amines) is 2. The molecule has 1 amide bonds. The molecule has 5 nitrogen and oxygen atoms in total. The van der Waals surface area contributed by atoms with Crippen LogP contribution in [0.4, 0.5) is 0 Å². The molecule has 0 aromatic carbocycles. The van der Waals surface area contributed by atoms with E-state index in [1.165, 1.54) is 19.4 Å². The van der Waals surface area contributed by atoms with Crippen LogP contribution in [0.2, 0.25) is 0 Å². The van der Waals surface area contributed by atoms with E-state index in [1.54, 1.807) is 0 Å². The quantitative estimate of drug-likeness (QED) is 0.858. The van der Waals surface area contributed by atoms with E-state index in [0.29, 0.717) is 23.4 Å². The van der Waals surface area contributed by atoms with Crippen LogP contribution >= 0.6 is 0 Å². The van der Waals surface area contributed by atoms with Crippen LogP contribution < -0.4 is 0 Å². The zero-order valence-corrected chi connectivity index (χ0v) is 14.0. The number of nitrogens with zero attached hydrogens (tertiary/aromatic N) is 3. The topological polar surface area (TPSA) is 49.6 Å². The summed E-state index contributed by atoms with van der Waals surface area (Å²) in [6.45, 7) is 9.20. The highest BCUT2D eigenvalue weighted by molar-refractivity contribution is 5.96. The van der Waals surface area contributed by atoms with Crippen LogP contribution in [0, 0.1) is 6.92 Å². The third kappa shape index (κ3) is 2.56. The van der Waals surface area contributed by atoms with E-state index < -0.39 is 0 Å². The van der Waals surface area contributed by atoms with Crippen molar-refractivity contribution in [1.29, 1.82) is 0 Å². The van der Waals surface area contributed by atoms with Crippen molar-refractivity contribution in [2.45, 2.75) is 65.0 Å². The molecule has 0 aliphatic carbocycles. The van der Waals surface area contributed by atoms with Gasteiger partial charge in [-0.25, -0.2) is 0 Å². The Morgan fingerprint density at radius 1 is 1.23 bits per heavy atom. The number of hydrogen-bond acceptors (Lipinski definition) is 4. The maximum atomic E-state index is 13.1. The molecule has 122 valence electrons. The maximum absolute atomic E-state index is 13.1. The maximum Gasteiger partial charge on any atom is 0.259 e. The van der Waals surface area contributed by atoms with Crippen LogP contribution in [0.5, 0.6) is 0 Å². The minimum atomic E-state index is 0.126. The molecular formula is C17H27N3O2. The minimum absolute atomic E-state index is 0.126. The highest BCUT2D eigenvalue weighted by Crippen LogP contribution is 2.31. The summed E-state index contributed by atoms with van der Waals surface area (Å²) >= 11 is 0. The second-order valence-corrected chi connectivity index (χ2v) is 6.46. The number of likely N-dealkylation sites (N-methyl/N-ethyl adjacent to an activating group) is 1. The van der Waals surface area contributed by atoms with Crippen LogP contribution in [0.25, 0.3) is 0 Å². The van der Waals surface area contributed by atoms with Crippen molar-refractivity contribution in [2.75, 3.05) is 19.6 Å². The van der Waals surface area contributed by atoms with Gasteiger partial charge in [-0.15, -0.1) is 0 Å².